The second kappa shape index (κ2) is 4.24. The van der Waals surface area contributed by atoms with E-state index in [2.05, 4.69) is 0 Å². The van der Waals surface area contributed by atoms with E-state index in [1.807, 2.05) is 0 Å². The van der Waals surface area contributed by atoms with Crippen molar-refractivity contribution in [2.75, 3.05) is 7.04 Å². The number of methoxy groups -OCH3 is 1. The van der Waals surface area contributed by atoms with Gasteiger partial charge >= 0.3 is 0 Å². The van der Waals surface area contributed by atoms with Crippen LogP contribution >= 0.6 is 0 Å². The molecule has 0 amide bonds. The molecule has 0 saturated heterocycles. The summed E-state index contributed by atoms with van der Waals surface area (Å²) < 4.78 is 56.5. The van der Waals surface area contributed by atoms with Crippen LogP contribution in [0.3, 0.4) is 0 Å². The number of hydrogen-bond donors (Lipinski definition) is 1. The van der Waals surface area contributed by atoms with E-state index < -0.39 is 31.8 Å². The normalized spacial score (nSPS) is 22.3. The van der Waals surface area contributed by atoms with Crippen LogP contribution in [0.25, 0.3) is 0 Å². The summed E-state index contributed by atoms with van der Waals surface area (Å²) in [6.07, 6.45) is -1.12. The van der Waals surface area contributed by atoms with Crippen LogP contribution in [0.4, 0.5) is 0 Å². The molecule has 0 saturated carbocycles. The third-order valence-corrected chi connectivity index (χ3v) is 1.44. The van der Waals surface area contributed by atoms with Gasteiger partial charge in [-0.05, 0) is 18.1 Å². The van der Waals surface area contributed by atoms with Crippen molar-refractivity contribution in [3.8, 4) is 0 Å². The van der Waals surface area contributed by atoms with E-state index in [1.54, 1.807) is 0 Å². The molecule has 1 N–H and O–H groups in total. The van der Waals surface area contributed by atoms with E-state index in [-0.39, 0.29) is 23.2 Å². The van der Waals surface area contributed by atoms with Crippen LogP contribution in [0.5, 0.6) is 0 Å². The van der Waals surface area contributed by atoms with E-state index in [0.29, 0.717) is 0 Å². The highest BCUT2D eigenvalue weighted by molar-refractivity contribution is 5.23. The van der Waals surface area contributed by atoms with Gasteiger partial charge in [-0.3, -0.25) is 0 Å². The second-order valence-corrected chi connectivity index (χ2v) is 2.31. The predicted molar refractivity (Wildman–Crippen MR) is 47.8 cm³/mol. The van der Waals surface area contributed by atoms with Crippen molar-refractivity contribution in [1.82, 2.24) is 0 Å². The molecule has 12 heavy (non-hydrogen) atoms. The molecule has 0 aromatic heterocycles. The minimum Gasteiger partial charge on any atom is -0.392 e. The molecule has 1 aromatic carbocycles. The van der Waals surface area contributed by atoms with E-state index in [0.717, 1.165) is 0 Å². The fraction of sp³-hybridized carbons (Fsp3) is 0.400. The Labute approximate surface area is 82.6 Å². The van der Waals surface area contributed by atoms with Crippen LogP contribution < -0.4 is 0 Å². The molecule has 1 aromatic rings. The minimum absolute atomic E-state index is 0.125. The summed E-state index contributed by atoms with van der Waals surface area (Å²) >= 11 is 0. The first kappa shape index (κ1) is 3.48. The van der Waals surface area contributed by atoms with Crippen molar-refractivity contribution in [1.29, 1.82) is 0 Å². The number of aliphatic hydroxyl groups excluding tert-OH is 1. The third-order valence-electron chi connectivity index (χ3n) is 1.44. The maximum absolute atomic E-state index is 9.04. The first-order valence-corrected chi connectivity index (χ1v) is 3.48. The number of hydrogen-bond acceptors (Lipinski definition) is 2. The van der Waals surface area contributed by atoms with Gasteiger partial charge in [-0.25, -0.2) is 0 Å². The topological polar surface area (TPSA) is 29.5 Å². The molecule has 0 heterocycles. The van der Waals surface area contributed by atoms with Gasteiger partial charge in [0.05, 0.1) is 22.3 Å². The van der Waals surface area contributed by atoms with Crippen molar-refractivity contribution < 1.29 is 19.4 Å². The van der Waals surface area contributed by atoms with Crippen molar-refractivity contribution in [2.24, 2.45) is 0 Å². The smallest absolute Gasteiger partial charge is 0.0793 e. The molecule has 1 atom stereocenters. The van der Waals surface area contributed by atoms with Crippen molar-refractivity contribution >= 4 is 0 Å². The zero-order valence-electron chi connectivity index (χ0n) is 13.6. The Morgan fingerprint density at radius 2 is 2.25 bits per heavy atom. The van der Waals surface area contributed by atoms with E-state index in [1.165, 1.54) is 6.92 Å². The molecule has 0 aliphatic heterocycles. The Kier molecular flexibility index (Phi) is 1.23. The van der Waals surface area contributed by atoms with Crippen LogP contribution in [0.15, 0.2) is 24.2 Å². The zero-order valence-corrected chi connectivity index (χ0v) is 6.64. The summed E-state index contributed by atoms with van der Waals surface area (Å²) in [7, 11) is -2.70. The standard InChI is InChI=1S/C10H14O2/c1-8(12-2)10-5-3-9(7-11)4-6-10/h3-6,8,11H,7H2,1-2H3/t8-/m0/s1/i2D3,3D,4D,5D,6D. The molecule has 0 aliphatic carbocycles. The molecule has 0 aliphatic rings. The number of ether oxygens (including phenoxy) is 1. The van der Waals surface area contributed by atoms with Crippen LogP contribution in [-0.4, -0.2) is 12.1 Å². The lowest BCUT2D eigenvalue weighted by Crippen LogP contribution is -1.95. The molecular formula is C10H14O2. The molecule has 66 valence electrons. The fourth-order valence-corrected chi connectivity index (χ4v) is 0.689. The van der Waals surface area contributed by atoms with E-state index >= 15 is 0 Å². The second-order valence-electron chi connectivity index (χ2n) is 2.31. The Morgan fingerprint density at radius 1 is 1.58 bits per heavy atom. The largest absolute Gasteiger partial charge is 0.392 e. The highest BCUT2D eigenvalue weighted by Crippen LogP contribution is 2.15. The highest BCUT2D eigenvalue weighted by Gasteiger charge is 2.01. The maximum atomic E-state index is 9.04. The van der Waals surface area contributed by atoms with Crippen molar-refractivity contribution in [3.63, 3.8) is 0 Å². The molecule has 0 unspecified atom stereocenters. The molecule has 0 radical (unpaired) electrons. The lowest BCUT2D eigenvalue weighted by atomic mass is 10.1. The van der Waals surface area contributed by atoms with E-state index in [4.69, 9.17) is 19.4 Å². The lowest BCUT2D eigenvalue weighted by molar-refractivity contribution is 0.119. The quantitative estimate of drug-likeness (QED) is 0.756. The summed E-state index contributed by atoms with van der Waals surface area (Å²) in [6.45, 7) is 0.722. The van der Waals surface area contributed by atoms with Gasteiger partial charge < -0.3 is 9.84 Å². The Morgan fingerprint density at radius 3 is 2.75 bits per heavy atom. The van der Waals surface area contributed by atoms with Crippen LogP contribution in [0, 0.1) is 0 Å². The van der Waals surface area contributed by atoms with Gasteiger partial charge in [-0.1, -0.05) is 24.2 Å². The number of benzene rings is 1. The molecule has 0 bridgehead atoms. The van der Waals surface area contributed by atoms with Crippen LogP contribution in [0.1, 0.15) is 33.7 Å². The summed E-state index contributed by atoms with van der Waals surface area (Å²) in [6, 6.07) is -1.58. The Hall–Kier alpha value is -0.860. The molecule has 2 heteroatoms. The van der Waals surface area contributed by atoms with Gasteiger partial charge in [0.15, 0.2) is 0 Å². The Balaban J connectivity index is 3.37. The SMILES string of the molecule is [2H]c1c([2H])c([C@H](C)OC([2H])([2H])[2H])c([2H])c([2H])c1CO. The predicted octanol–water partition coefficient (Wildman–Crippen LogP) is 1.89. The summed E-state index contributed by atoms with van der Waals surface area (Å²) in [5, 5.41) is 9.04. The van der Waals surface area contributed by atoms with Gasteiger partial charge in [-0.2, -0.15) is 0 Å². The van der Waals surface area contributed by atoms with E-state index in [9.17, 15) is 0 Å². The minimum atomic E-state index is -2.70. The molecule has 0 fully saturated rings. The van der Waals surface area contributed by atoms with Gasteiger partial charge in [0.2, 0.25) is 0 Å². The number of aliphatic hydroxyl groups is 1. The first-order chi connectivity index (χ1) is 8.60. The van der Waals surface area contributed by atoms with Crippen molar-refractivity contribution in [3.05, 3.63) is 35.3 Å². The summed E-state index contributed by atoms with van der Waals surface area (Å²) in [5.41, 5.74) is -0.261. The highest BCUT2D eigenvalue weighted by atomic mass is 16.5. The maximum Gasteiger partial charge on any atom is 0.0793 e. The number of rotatable bonds is 3. The monoisotopic (exact) mass is 173 g/mol. The lowest BCUT2D eigenvalue weighted by Gasteiger charge is -2.09. The summed E-state index contributed by atoms with van der Waals surface area (Å²) in [4.78, 5) is 0. The fourth-order valence-electron chi connectivity index (χ4n) is 0.689. The Bertz CT molecular complexity index is 455. The third kappa shape index (κ3) is 2.06. The van der Waals surface area contributed by atoms with Gasteiger partial charge in [0.1, 0.15) is 0 Å². The molecular weight excluding hydrogens is 152 g/mol. The molecule has 2 nitrogen and oxygen atoms in total. The van der Waals surface area contributed by atoms with Gasteiger partial charge in [0, 0.05) is 7.04 Å². The average Bonchev–Trinajstić information content (AvgIpc) is 2.25. The summed E-state index contributed by atoms with van der Waals surface area (Å²) in [5.74, 6) is 0. The van der Waals surface area contributed by atoms with Crippen LogP contribution in [0.2, 0.25) is 0 Å². The van der Waals surface area contributed by atoms with Gasteiger partial charge in [0.25, 0.3) is 0 Å². The average molecular weight is 173 g/mol. The van der Waals surface area contributed by atoms with Gasteiger partial charge in [-0.15, -0.1) is 0 Å². The first-order valence-electron chi connectivity index (χ1n) is 6.98. The van der Waals surface area contributed by atoms with Crippen LogP contribution in [-0.2, 0) is 11.3 Å². The van der Waals surface area contributed by atoms with Crippen molar-refractivity contribution in [2.45, 2.75) is 19.6 Å². The molecule has 0 spiro atoms. The molecule has 1 rings (SSSR count). The zero-order chi connectivity index (χ0) is 15.0.